The third kappa shape index (κ3) is 5.65. The fourth-order valence-corrected chi connectivity index (χ4v) is 4.91. The molecule has 0 radical (unpaired) electrons. The van der Waals surface area contributed by atoms with Crippen LogP contribution in [0.15, 0.2) is 24.3 Å². The number of benzene rings is 1. The number of nitrogens with one attached hydrogen (secondary N) is 1. The van der Waals surface area contributed by atoms with Gasteiger partial charge in [-0.05, 0) is 70.2 Å². The third-order valence-electron chi connectivity index (χ3n) is 5.48. The van der Waals surface area contributed by atoms with Gasteiger partial charge in [0.05, 0.1) is 10.7 Å². The molecule has 152 valence electrons. The largest absolute Gasteiger partial charge is 0.352 e. The SMILES string of the molecule is CCN(Cc1ccc(C(=O)NCCCc2nc3c(s2)CCCC3)cc1)C(C)C. The highest BCUT2D eigenvalue weighted by molar-refractivity contribution is 7.11. The van der Waals surface area contributed by atoms with Crippen molar-refractivity contribution in [3.8, 4) is 0 Å². The van der Waals surface area contributed by atoms with E-state index >= 15 is 0 Å². The molecule has 3 rings (SSSR count). The summed E-state index contributed by atoms with van der Waals surface area (Å²) in [6, 6.07) is 8.54. The highest BCUT2D eigenvalue weighted by Gasteiger charge is 2.15. The summed E-state index contributed by atoms with van der Waals surface area (Å²) in [4.78, 5) is 21.1. The van der Waals surface area contributed by atoms with E-state index in [0.717, 1.165) is 37.9 Å². The topological polar surface area (TPSA) is 45.2 Å². The molecule has 4 nitrogen and oxygen atoms in total. The second-order valence-corrected chi connectivity index (χ2v) is 9.07. The molecule has 2 aromatic rings. The zero-order valence-electron chi connectivity index (χ0n) is 17.5. The monoisotopic (exact) mass is 399 g/mol. The van der Waals surface area contributed by atoms with Gasteiger partial charge >= 0.3 is 0 Å². The summed E-state index contributed by atoms with van der Waals surface area (Å²) in [6.07, 6.45) is 6.82. The second-order valence-electron chi connectivity index (χ2n) is 7.90. The first kappa shape index (κ1) is 21.0. The van der Waals surface area contributed by atoms with Gasteiger partial charge < -0.3 is 5.32 Å². The molecule has 1 N–H and O–H groups in total. The summed E-state index contributed by atoms with van der Waals surface area (Å²) in [5, 5.41) is 4.28. The van der Waals surface area contributed by atoms with Crippen LogP contribution in [-0.2, 0) is 25.8 Å². The van der Waals surface area contributed by atoms with E-state index in [1.165, 1.54) is 40.4 Å². The zero-order chi connectivity index (χ0) is 19.9. The number of hydrogen-bond donors (Lipinski definition) is 1. The van der Waals surface area contributed by atoms with Crippen molar-refractivity contribution in [1.29, 1.82) is 0 Å². The first-order valence-electron chi connectivity index (χ1n) is 10.7. The second kappa shape index (κ2) is 10.2. The lowest BCUT2D eigenvalue weighted by atomic mass is 10.0. The van der Waals surface area contributed by atoms with Crippen LogP contribution in [0.25, 0.3) is 0 Å². The van der Waals surface area contributed by atoms with Gasteiger partial charge in [0, 0.05) is 36.0 Å². The third-order valence-corrected chi connectivity index (χ3v) is 6.70. The lowest BCUT2D eigenvalue weighted by molar-refractivity contribution is 0.0953. The molecule has 5 heteroatoms. The number of carbonyl (C=O) groups is 1. The molecule has 0 saturated heterocycles. The van der Waals surface area contributed by atoms with Gasteiger partial charge in [0.1, 0.15) is 0 Å². The van der Waals surface area contributed by atoms with Crippen molar-refractivity contribution in [2.45, 2.75) is 71.9 Å². The molecule has 1 aromatic heterocycles. The first-order valence-corrected chi connectivity index (χ1v) is 11.5. The molecule has 1 heterocycles. The first-order chi connectivity index (χ1) is 13.6. The molecule has 0 saturated carbocycles. The molecule has 0 bridgehead atoms. The Morgan fingerprint density at radius 1 is 1.21 bits per heavy atom. The highest BCUT2D eigenvalue weighted by atomic mass is 32.1. The van der Waals surface area contributed by atoms with Crippen molar-refractivity contribution in [3.05, 3.63) is 51.0 Å². The highest BCUT2D eigenvalue weighted by Crippen LogP contribution is 2.27. The number of nitrogens with zero attached hydrogens (tertiary/aromatic N) is 2. The Kier molecular flexibility index (Phi) is 7.63. The number of hydrogen-bond acceptors (Lipinski definition) is 4. The number of rotatable bonds is 9. The van der Waals surface area contributed by atoms with Crippen molar-refractivity contribution in [2.24, 2.45) is 0 Å². The number of thiazole rings is 1. The Balaban J connectivity index is 1.42. The molecule has 1 aromatic carbocycles. The zero-order valence-corrected chi connectivity index (χ0v) is 18.3. The van der Waals surface area contributed by atoms with E-state index in [4.69, 9.17) is 4.98 Å². The number of aryl methyl sites for hydroxylation is 3. The number of aromatic nitrogens is 1. The summed E-state index contributed by atoms with van der Waals surface area (Å²) in [5.41, 5.74) is 3.32. The maximum Gasteiger partial charge on any atom is 0.251 e. The predicted molar refractivity (Wildman–Crippen MR) is 117 cm³/mol. The standard InChI is InChI=1S/C23H33N3OS/c1-4-26(17(2)3)16-18-11-13-19(14-12-18)23(27)24-15-7-10-22-25-20-8-5-6-9-21(20)28-22/h11-14,17H,4-10,15-16H2,1-3H3,(H,24,27). The summed E-state index contributed by atoms with van der Waals surface area (Å²) in [7, 11) is 0. The van der Waals surface area contributed by atoms with Crippen LogP contribution >= 0.6 is 11.3 Å². The van der Waals surface area contributed by atoms with Gasteiger partial charge in [-0.15, -0.1) is 11.3 Å². The van der Waals surface area contributed by atoms with Gasteiger partial charge in [0.2, 0.25) is 0 Å². The lowest BCUT2D eigenvalue weighted by Crippen LogP contribution is -2.30. The van der Waals surface area contributed by atoms with E-state index in [0.29, 0.717) is 12.6 Å². The molecule has 0 fully saturated rings. The molecule has 0 aliphatic heterocycles. The fraction of sp³-hybridized carbons (Fsp3) is 0.565. The smallest absolute Gasteiger partial charge is 0.251 e. The van der Waals surface area contributed by atoms with Crippen LogP contribution in [0.3, 0.4) is 0 Å². The molecule has 0 unspecified atom stereocenters. The van der Waals surface area contributed by atoms with E-state index in [2.05, 4.69) is 43.1 Å². The van der Waals surface area contributed by atoms with Gasteiger partial charge in [-0.2, -0.15) is 0 Å². The van der Waals surface area contributed by atoms with Crippen molar-refractivity contribution in [2.75, 3.05) is 13.1 Å². The van der Waals surface area contributed by atoms with Crippen LogP contribution in [0, 0.1) is 0 Å². The minimum Gasteiger partial charge on any atom is -0.352 e. The molecule has 1 aliphatic rings. The Morgan fingerprint density at radius 2 is 1.96 bits per heavy atom. The Bertz CT molecular complexity index is 743. The van der Waals surface area contributed by atoms with E-state index in [1.54, 1.807) is 0 Å². The molecular weight excluding hydrogens is 366 g/mol. The van der Waals surface area contributed by atoms with Crippen LogP contribution in [0.4, 0.5) is 0 Å². The van der Waals surface area contributed by atoms with E-state index < -0.39 is 0 Å². The molecule has 0 atom stereocenters. The van der Waals surface area contributed by atoms with E-state index in [-0.39, 0.29) is 5.91 Å². The Hall–Kier alpha value is -1.72. The van der Waals surface area contributed by atoms with Gasteiger partial charge in [-0.3, -0.25) is 9.69 Å². The molecular formula is C23H33N3OS. The summed E-state index contributed by atoms with van der Waals surface area (Å²) in [6.45, 7) is 9.26. The maximum absolute atomic E-state index is 12.4. The Labute approximate surface area is 173 Å². The van der Waals surface area contributed by atoms with Crippen molar-refractivity contribution < 1.29 is 4.79 Å². The van der Waals surface area contributed by atoms with Gasteiger partial charge in [-0.1, -0.05) is 19.1 Å². The number of carbonyl (C=O) groups excluding carboxylic acids is 1. The van der Waals surface area contributed by atoms with Crippen molar-refractivity contribution in [1.82, 2.24) is 15.2 Å². The average molecular weight is 400 g/mol. The van der Waals surface area contributed by atoms with Gasteiger partial charge in [0.25, 0.3) is 5.91 Å². The van der Waals surface area contributed by atoms with Crippen molar-refractivity contribution in [3.63, 3.8) is 0 Å². The minimum atomic E-state index is 0.0150. The molecule has 1 aliphatic carbocycles. The maximum atomic E-state index is 12.4. The van der Waals surface area contributed by atoms with Crippen LogP contribution in [0.5, 0.6) is 0 Å². The average Bonchev–Trinajstić information content (AvgIpc) is 3.12. The van der Waals surface area contributed by atoms with E-state index in [9.17, 15) is 4.79 Å². The molecule has 0 spiro atoms. The number of amides is 1. The van der Waals surface area contributed by atoms with Crippen molar-refractivity contribution >= 4 is 17.2 Å². The van der Waals surface area contributed by atoms with Crippen LogP contribution in [0.2, 0.25) is 0 Å². The van der Waals surface area contributed by atoms with Crippen LogP contribution < -0.4 is 5.32 Å². The summed E-state index contributed by atoms with van der Waals surface area (Å²) < 4.78 is 0. The molecule has 1 amide bonds. The van der Waals surface area contributed by atoms with Crippen LogP contribution in [0.1, 0.15) is 71.5 Å². The van der Waals surface area contributed by atoms with E-state index in [1.807, 2.05) is 23.5 Å². The fourth-order valence-electron chi connectivity index (χ4n) is 3.71. The predicted octanol–water partition coefficient (Wildman–Crippen LogP) is 4.61. The normalized spacial score (nSPS) is 13.8. The minimum absolute atomic E-state index is 0.0150. The molecule has 28 heavy (non-hydrogen) atoms. The Morgan fingerprint density at radius 3 is 2.64 bits per heavy atom. The van der Waals surface area contributed by atoms with Gasteiger partial charge in [0.15, 0.2) is 0 Å². The summed E-state index contributed by atoms with van der Waals surface area (Å²) >= 11 is 1.87. The van der Waals surface area contributed by atoms with Crippen LogP contribution in [-0.4, -0.2) is 34.9 Å². The lowest BCUT2D eigenvalue weighted by Gasteiger charge is -2.24. The summed E-state index contributed by atoms with van der Waals surface area (Å²) in [5.74, 6) is 0.0150. The quantitative estimate of drug-likeness (QED) is 0.626. The van der Waals surface area contributed by atoms with Gasteiger partial charge in [-0.25, -0.2) is 4.98 Å². The number of fused-ring (bicyclic) bond motifs is 1.